The number of carbonyl (C=O) groups excluding carboxylic acids is 1. The van der Waals surface area contributed by atoms with Crippen molar-refractivity contribution in [2.75, 3.05) is 5.32 Å². The maximum Gasteiger partial charge on any atom is 0.275 e. The number of aryl methyl sites for hydroxylation is 2. The third-order valence-corrected chi connectivity index (χ3v) is 3.77. The Hall–Kier alpha value is -2.89. The number of anilines is 1. The third-order valence-electron chi connectivity index (χ3n) is 3.77. The molecule has 2 heterocycles. The molecule has 0 bridgehead atoms. The molecular formula is C17H16FN3O2. The lowest BCUT2D eigenvalue weighted by Gasteiger charge is -2.09. The largest absolute Gasteiger partial charge is 0.346 e. The second-order valence-corrected chi connectivity index (χ2v) is 5.49. The molecule has 0 aliphatic heterocycles. The van der Waals surface area contributed by atoms with Gasteiger partial charge >= 0.3 is 0 Å². The van der Waals surface area contributed by atoms with E-state index in [9.17, 15) is 14.0 Å². The van der Waals surface area contributed by atoms with Crippen molar-refractivity contribution in [1.82, 2.24) is 9.13 Å². The van der Waals surface area contributed by atoms with E-state index >= 15 is 0 Å². The summed E-state index contributed by atoms with van der Waals surface area (Å²) in [5.41, 5.74) is 1.18. The summed E-state index contributed by atoms with van der Waals surface area (Å²) in [7, 11) is 1.78. The van der Waals surface area contributed by atoms with E-state index in [1.807, 2.05) is 6.07 Å². The van der Waals surface area contributed by atoms with Gasteiger partial charge in [0.05, 0.1) is 0 Å². The first kappa shape index (κ1) is 15.0. The number of aromatic nitrogens is 2. The summed E-state index contributed by atoms with van der Waals surface area (Å²) in [4.78, 5) is 24.5. The van der Waals surface area contributed by atoms with Crippen LogP contribution in [0.1, 0.15) is 5.56 Å². The Balaban J connectivity index is 1.82. The highest BCUT2D eigenvalue weighted by molar-refractivity contribution is 5.90. The number of rotatable bonds is 3. The number of fused-ring (bicyclic) bond motifs is 1. The van der Waals surface area contributed by atoms with E-state index < -0.39 is 0 Å². The van der Waals surface area contributed by atoms with E-state index in [1.165, 1.54) is 10.6 Å². The minimum Gasteiger partial charge on any atom is -0.346 e. The molecule has 3 aromatic rings. The summed E-state index contributed by atoms with van der Waals surface area (Å²) in [6, 6.07) is 8.11. The highest BCUT2D eigenvalue weighted by Gasteiger charge is 2.10. The molecule has 0 radical (unpaired) electrons. The van der Waals surface area contributed by atoms with Crippen LogP contribution in [0.5, 0.6) is 0 Å². The predicted octanol–water partition coefficient (Wildman–Crippen LogP) is 2.43. The first-order valence-electron chi connectivity index (χ1n) is 7.16. The van der Waals surface area contributed by atoms with Crippen LogP contribution >= 0.6 is 0 Å². The number of halogens is 1. The molecule has 1 amide bonds. The van der Waals surface area contributed by atoms with Crippen LogP contribution in [0.25, 0.3) is 10.9 Å². The van der Waals surface area contributed by atoms with Gasteiger partial charge in [-0.1, -0.05) is 6.07 Å². The van der Waals surface area contributed by atoms with Crippen molar-refractivity contribution in [1.29, 1.82) is 0 Å². The normalized spacial score (nSPS) is 10.9. The Bertz CT molecular complexity index is 956. The van der Waals surface area contributed by atoms with Crippen LogP contribution in [0, 0.1) is 12.7 Å². The van der Waals surface area contributed by atoms with Crippen molar-refractivity contribution in [3.05, 3.63) is 64.5 Å². The van der Waals surface area contributed by atoms with E-state index in [1.54, 1.807) is 49.1 Å². The van der Waals surface area contributed by atoms with Crippen molar-refractivity contribution in [3.63, 3.8) is 0 Å². The second-order valence-electron chi connectivity index (χ2n) is 5.49. The molecule has 0 saturated carbocycles. The van der Waals surface area contributed by atoms with Gasteiger partial charge in [0.15, 0.2) is 0 Å². The van der Waals surface area contributed by atoms with Crippen molar-refractivity contribution in [3.8, 4) is 0 Å². The minimum absolute atomic E-state index is 0.130. The first-order chi connectivity index (χ1) is 11.0. The molecule has 0 unspecified atom stereocenters. The molecule has 2 aromatic heterocycles. The molecule has 5 nitrogen and oxygen atoms in total. The van der Waals surface area contributed by atoms with Crippen LogP contribution in [-0.2, 0) is 18.4 Å². The smallest absolute Gasteiger partial charge is 0.275 e. The van der Waals surface area contributed by atoms with E-state index in [0.717, 1.165) is 5.39 Å². The fourth-order valence-corrected chi connectivity index (χ4v) is 2.48. The average Bonchev–Trinajstić information content (AvgIpc) is 2.88. The Morgan fingerprint density at radius 2 is 1.96 bits per heavy atom. The summed E-state index contributed by atoms with van der Waals surface area (Å²) in [5, 5.41) is 3.43. The Morgan fingerprint density at radius 1 is 1.22 bits per heavy atom. The van der Waals surface area contributed by atoms with Gasteiger partial charge in [-0.25, -0.2) is 4.39 Å². The number of benzene rings is 1. The molecule has 3 rings (SSSR count). The molecule has 0 saturated heterocycles. The summed E-state index contributed by atoms with van der Waals surface area (Å²) < 4.78 is 16.6. The number of pyridine rings is 1. The number of amides is 1. The van der Waals surface area contributed by atoms with Crippen molar-refractivity contribution < 1.29 is 9.18 Å². The van der Waals surface area contributed by atoms with Gasteiger partial charge in [-0.15, -0.1) is 0 Å². The van der Waals surface area contributed by atoms with Crippen LogP contribution in [0.2, 0.25) is 0 Å². The maximum atomic E-state index is 13.5. The second kappa shape index (κ2) is 5.72. The lowest BCUT2D eigenvalue weighted by molar-refractivity contribution is -0.116. The molecular weight excluding hydrogens is 297 g/mol. The van der Waals surface area contributed by atoms with Gasteiger partial charge in [-0.05, 0) is 36.8 Å². The lowest BCUT2D eigenvalue weighted by atomic mass is 10.2. The van der Waals surface area contributed by atoms with Gasteiger partial charge in [0.25, 0.3) is 5.56 Å². The van der Waals surface area contributed by atoms with Gasteiger partial charge < -0.3 is 14.5 Å². The third kappa shape index (κ3) is 2.88. The van der Waals surface area contributed by atoms with Gasteiger partial charge in [0.2, 0.25) is 5.91 Å². The fourth-order valence-electron chi connectivity index (χ4n) is 2.48. The number of hydrogen-bond donors (Lipinski definition) is 1. The molecule has 0 spiro atoms. The quantitative estimate of drug-likeness (QED) is 0.807. The number of nitrogens with one attached hydrogen (secondary N) is 1. The van der Waals surface area contributed by atoms with Crippen LogP contribution < -0.4 is 10.9 Å². The summed E-state index contributed by atoms with van der Waals surface area (Å²) in [6.07, 6.45) is 3.38. The van der Waals surface area contributed by atoms with Crippen molar-refractivity contribution in [2.24, 2.45) is 7.05 Å². The fraction of sp³-hybridized carbons (Fsp3) is 0.176. The molecule has 1 aromatic carbocycles. The number of hydrogen-bond acceptors (Lipinski definition) is 2. The lowest BCUT2D eigenvalue weighted by Crippen LogP contribution is -2.28. The zero-order valence-corrected chi connectivity index (χ0v) is 12.8. The predicted molar refractivity (Wildman–Crippen MR) is 86.9 cm³/mol. The van der Waals surface area contributed by atoms with Crippen LogP contribution in [0.3, 0.4) is 0 Å². The number of nitrogens with zero attached hydrogens (tertiary/aromatic N) is 2. The van der Waals surface area contributed by atoms with Crippen molar-refractivity contribution >= 4 is 22.5 Å². The molecule has 23 heavy (non-hydrogen) atoms. The van der Waals surface area contributed by atoms with Crippen LogP contribution in [-0.4, -0.2) is 15.0 Å². The van der Waals surface area contributed by atoms with Crippen molar-refractivity contribution in [2.45, 2.75) is 13.5 Å². The van der Waals surface area contributed by atoms with E-state index in [2.05, 4.69) is 5.32 Å². The zero-order chi connectivity index (χ0) is 16.6. The molecule has 0 aliphatic carbocycles. The minimum atomic E-state index is -0.385. The molecule has 0 fully saturated rings. The van der Waals surface area contributed by atoms with E-state index in [-0.39, 0.29) is 23.8 Å². The highest BCUT2D eigenvalue weighted by atomic mass is 19.1. The molecule has 6 heteroatoms. The molecule has 1 N–H and O–H groups in total. The standard InChI is InChI=1S/C17H16FN3O2/c1-11-3-4-13(9-14(11)18)19-15(22)10-21-8-6-12-5-7-20(2)16(12)17(21)23/h3-9H,10H2,1-2H3,(H,19,22). The van der Waals surface area contributed by atoms with E-state index in [0.29, 0.717) is 16.8 Å². The SMILES string of the molecule is Cc1ccc(NC(=O)Cn2ccc3ccn(C)c3c2=O)cc1F. The zero-order valence-electron chi connectivity index (χ0n) is 12.8. The molecule has 0 aliphatic rings. The highest BCUT2D eigenvalue weighted by Crippen LogP contribution is 2.14. The van der Waals surface area contributed by atoms with Gasteiger partial charge in [0, 0.05) is 30.5 Å². The Labute approximate surface area is 132 Å². The summed E-state index contributed by atoms with van der Waals surface area (Å²) in [6.45, 7) is 1.52. The summed E-state index contributed by atoms with van der Waals surface area (Å²) in [5.74, 6) is -0.769. The van der Waals surface area contributed by atoms with E-state index in [4.69, 9.17) is 0 Å². The van der Waals surface area contributed by atoms with Gasteiger partial charge in [-0.2, -0.15) is 0 Å². The van der Waals surface area contributed by atoms with Crippen LogP contribution in [0.4, 0.5) is 10.1 Å². The first-order valence-corrected chi connectivity index (χ1v) is 7.16. The molecule has 118 valence electrons. The molecule has 0 atom stereocenters. The summed E-state index contributed by atoms with van der Waals surface area (Å²) >= 11 is 0. The Kier molecular flexibility index (Phi) is 3.73. The average molecular weight is 313 g/mol. The number of carbonyl (C=O) groups is 1. The van der Waals surface area contributed by atoms with Crippen LogP contribution in [0.15, 0.2) is 47.5 Å². The monoisotopic (exact) mass is 313 g/mol. The maximum absolute atomic E-state index is 13.5. The Morgan fingerprint density at radius 3 is 2.70 bits per heavy atom. The van der Waals surface area contributed by atoms with Gasteiger partial charge in [0.1, 0.15) is 17.9 Å². The van der Waals surface area contributed by atoms with Gasteiger partial charge in [-0.3, -0.25) is 9.59 Å². The topological polar surface area (TPSA) is 56.0 Å².